The fourth-order valence-electron chi connectivity index (χ4n) is 1.64. The molecule has 0 heterocycles. The number of aliphatic hydroxyl groups is 1. The van der Waals surface area contributed by atoms with Crippen LogP contribution in [0.1, 0.15) is 38.3 Å². The lowest BCUT2D eigenvalue weighted by Crippen LogP contribution is -2.26. The van der Waals surface area contributed by atoms with Crippen molar-refractivity contribution in [1.82, 2.24) is 0 Å². The Bertz CT molecular complexity index is 331. The van der Waals surface area contributed by atoms with Crippen molar-refractivity contribution >= 4 is 12.4 Å². The van der Waals surface area contributed by atoms with Gasteiger partial charge in [0, 0.05) is 0 Å². The molecule has 0 saturated carbocycles. The van der Waals surface area contributed by atoms with E-state index in [1.165, 1.54) is 0 Å². The molecule has 0 aliphatic carbocycles. The van der Waals surface area contributed by atoms with Gasteiger partial charge in [0.15, 0.2) is 0 Å². The summed E-state index contributed by atoms with van der Waals surface area (Å²) in [6.45, 7) is 4.24. The quantitative estimate of drug-likeness (QED) is 0.762. The third-order valence-electron chi connectivity index (χ3n) is 2.71. The van der Waals surface area contributed by atoms with E-state index in [1.807, 2.05) is 6.07 Å². The van der Waals surface area contributed by atoms with Gasteiger partial charge in [-0.1, -0.05) is 26.0 Å². The number of benzene rings is 1. The highest BCUT2D eigenvalue weighted by Gasteiger charge is 2.17. The van der Waals surface area contributed by atoms with Crippen molar-refractivity contribution in [2.24, 2.45) is 11.7 Å². The van der Waals surface area contributed by atoms with Crippen LogP contribution in [0.2, 0.25) is 0 Å². The molecule has 4 N–H and O–H groups in total. The van der Waals surface area contributed by atoms with Gasteiger partial charge in [-0.05, 0) is 36.5 Å². The third-order valence-corrected chi connectivity index (χ3v) is 2.71. The summed E-state index contributed by atoms with van der Waals surface area (Å²) in [6, 6.07) is 6.33. The van der Waals surface area contributed by atoms with Gasteiger partial charge in [-0.15, -0.1) is 12.4 Å². The topological polar surface area (TPSA) is 66.5 Å². The number of hydrogen-bond donors (Lipinski definition) is 3. The lowest BCUT2D eigenvalue weighted by Gasteiger charge is -2.20. The van der Waals surface area contributed by atoms with Crippen molar-refractivity contribution in [3.05, 3.63) is 29.8 Å². The maximum Gasteiger partial charge on any atom is 0.115 e. The van der Waals surface area contributed by atoms with Crippen LogP contribution in [0.3, 0.4) is 0 Å². The SMILES string of the molecule is CC(C)CC[C@@H](O)[C@@H](N)c1cccc(O)c1.Cl. The molecule has 0 fully saturated rings. The van der Waals surface area contributed by atoms with Gasteiger partial charge in [-0.3, -0.25) is 0 Å². The average Bonchev–Trinajstić information content (AvgIpc) is 2.24. The van der Waals surface area contributed by atoms with Crippen LogP contribution in [0.4, 0.5) is 0 Å². The molecule has 0 aliphatic rings. The zero-order chi connectivity index (χ0) is 12.1. The molecule has 0 amide bonds. The summed E-state index contributed by atoms with van der Waals surface area (Å²) in [4.78, 5) is 0. The number of nitrogens with two attached hydrogens (primary N) is 1. The van der Waals surface area contributed by atoms with Crippen LogP contribution in [0.25, 0.3) is 0 Å². The molecule has 0 bridgehead atoms. The Morgan fingerprint density at radius 1 is 1.24 bits per heavy atom. The van der Waals surface area contributed by atoms with Crippen molar-refractivity contribution in [1.29, 1.82) is 0 Å². The lowest BCUT2D eigenvalue weighted by molar-refractivity contribution is 0.128. The molecule has 0 aromatic heterocycles. The van der Waals surface area contributed by atoms with E-state index in [0.29, 0.717) is 12.3 Å². The summed E-state index contributed by atoms with van der Waals surface area (Å²) < 4.78 is 0. The molecule has 1 aromatic rings. The van der Waals surface area contributed by atoms with Crippen molar-refractivity contribution in [2.75, 3.05) is 0 Å². The average molecular weight is 260 g/mol. The number of halogens is 1. The molecule has 1 aromatic carbocycles. The van der Waals surface area contributed by atoms with Crippen LogP contribution in [-0.4, -0.2) is 16.3 Å². The number of phenols is 1. The summed E-state index contributed by atoms with van der Waals surface area (Å²) in [5, 5.41) is 19.2. The Labute approximate surface area is 109 Å². The number of hydrogen-bond acceptors (Lipinski definition) is 3. The van der Waals surface area contributed by atoms with E-state index in [1.54, 1.807) is 18.2 Å². The molecule has 0 spiro atoms. The molecular weight excluding hydrogens is 238 g/mol. The fraction of sp³-hybridized carbons (Fsp3) is 0.538. The molecule has 98 valence electrons. The standard InChI is InChI=1S/C13H21NO2.ClH/c1-9(2)6-7-12(16)13(14)10-4-3-5-11(15)8-10;/h3-5,8-9,12-13,15-16H,6-7,14H2,1-2H3;1H/t12-,13+;/m1./s1. The highest BCUT2D eigenvalue weighted by atomic mass is 35.5. The van der Waals surface area contributed by atoms with E-state index in [-0.39, 0.29) is 18.2 Å². The summed E-state index contributed by atoms with van der Waals surface area (Å²) in [6.07, 6.45) is 1.09. The number of rotatable bonds is 5. The van der Waals surface area contributed by atoms with Gasteiger partial charge in [0.1, 0.15) is 5.75 Å². The van der Waals surface area contributed by atoms with Crippen molar-refractivity contribution in [2.45, 2.75) is 38.8 Å². The lowest BCUT2D eigenvalue weighted by atomic mass is 9.96. The van der Waals surface area contributed by atoms with E-state index in [9.17, 15) is 10.2 Å². The monoisotopic (exact) mass is 259 g/mol. The largest absolute Gasteiger partial charge is 0.508 e. The maximum absolute atomic E-state index is 9.90. The van der Waals surface area contributed by atoms with Gasteiger partial charge in [0.2, 0.25) is 0 Å². The van der Waals surface area contributed by atoms with Gasteiger partial charge in [0.25, 0.3) is 0 Å². The van der Waals surface area contributed by atoms with Gasteiger partial charge in [-0.25, -0.2) is 0 Å². The molecule has 0 aliphatic heterocycles. The van der Waals surface area contributed by atoms with E-state index in [0.717, 1.165) is 12.0 Å². The first-order valence-corrected chi connectivity index (χ1v) is 5.73. The molecular formula is C13H22ClNO2. The fourth-order valence-corrected chi connectivity index (χ4v) is 1.64. The summed E-state index contributed by atoms with van der Waals surface area (Å²) in [7, 11) is 0. The van der Waals surface area contributed by atoms with Gasteiger partial charge < -0.3 is 15.9 Å². The zero-order valence-electron chi connectivity index (χ0n) is 10.3. The second kappa shape index (κ2) is 7.54. The third kappa shape index (κ3) is 5.39. The molecule has 4 heteroatoms. The van der Waals surface area contributed by atoms with Crippen LogP contribution >= 0.6 is 12.4 Å². The van der Waals surface area contributed by atoms with Crippen LogP contribution in [-0.2, 0) is 0 Å². The van der Waals surface area contributed by atoms with E-state index in [4.69, 9.17) is 5.73 Å². The number of aromatic hydroxyl groups is 1. The van der Waals surface area contributed by atoms with Gasteiger partial charge >= 0.3 is 0 Å². The Kier molecular flexibility index (Phi) is 7.19. The van der Waals surface area contributed by atoms with Crippen LogP contribution in [0.5, 0.6) is 5.75 Å². The second-order valence-corrected chi connectivity index (χ2v) is 4.66. The first-order chi connectivity index (χ1) is 7.50. The summed E-state index contributed by atoms with van der Waals surface area (Å²) in [5.74, 6) is 0.745. The summed E-state index contributed by atoms with van der Waals surface area (Å²) in [5.41, 5.74) is 6.71. The Balaban J connectivity index is 0.00000256. The molecule has 3 nitrogen and oxygen atoms in total. The number of phenolic OH excluding ortho intramolecular Hbond substituents is 1. The minimum atomic E-state index is -0.552. The molecule has 0 saturated heterocycles. The minimum absolute atomic E-state index is 0. The molecule has 0 radical (unpaired) electrons. The van der Waals surface area contributed by atoms with Crippen molar-refractivity contribution < 1.29 is 10.2 Å². The normalized spacial score (nSPS) is 14.2. The van der Waals surface area contributed by atoms with Crippen molar-refractivity contribution in [3.63, 3.8) is 0 Å². The highest BCUT2D eigenvalue weighted by molar-refractivity contribution is 5.85. The highest BCUT2D eigenvalue weighted by Crippen LogP contribution is 2.22. The predicted octanol–water partition coefficient (Wildman–Crippen LogP) is 2.61. The minimum Gasteiger partial charge on any atom is -0.508 e. The first-order valence-electron chi connectivity index (χ1n) is 5.73. The smallest absolute Gasteiger partial charge is 0.115 e. The van der Waals surface area contributed by atoms with Gasteiger partial charge in [0.05, 0.1) is 12.1 Å². The molecule has 0 unspecified atom stereocenters. The van der Waals surface area contributed by atoms with E-state index >= 15 is 0 Å². The van der Waals surface area contributed by atoms with Crippen LogP contribution in [0.15, 0.2) is 24.3 Å². The Hall–Kier alpha value is -0.770. The Morgan fingerprint density at radius 2 is 1.88 bits per heavy atom. The van der Waals surface area contributed by atoms with E-state index < -0.39 is 12.1 Å². The van der Waals surface area contributed by atoms with Crippen molar-refractivity contribution in [3.8, 4) is 5.75 Å². The van der Waals surface area contributed by atoms with Crippen LogP contribution in [0, 0.1) is 5.92 Å². The second-order valence-electron chi connectivity index (χ2n) is 4.66. The maximum atomic E-state index is 9.90. The Morgan fingerprint density at radius 3 is 2.41 bits per heavy atom. The summed E-state index contributed by atoms with van der Waals surface area (Å²) >= 11 is 0. The molecule has 17 heavy (non-hydrogen) atoms. The number of aliphatic hydroxyl groups excluding tert-OH is 1. The predicted molar refractivity (Wildman–Crippen MR) is 72.4 cm³/mol. The van der Waals surface area contributed by atoms with Crippen LogP contribution < -0.4 is 5.73 Å². The van der Waals surface area contributed by atoms with E-state index in [2.05, 4.69) is 13.8 Å². The first kappa shape index (κ1) is 16.2. The molecule has 2 atom stereocenters. The van der Waals surface area contributed by atoms with Gasteiger partial charge in [-0.2, -0.15) is 0 Å². The molecule has 1 rings (SSSR count). The zero-order valence-corrected chi connectivity index (χ0v) is 11.2.